The van der Waals surface area contributed by atoms with Gasteiger partial charge in [0.05, 0.1) is 16.1 Å². The predicted molar refractivity (Wildman–Crippen MR) is 144 cm³/mol. The maximum absolute atomic E-state index is 13.0. The molecule has 184 valence electrons. The number of carbonyl (C=O) groups is 2. The topological polar surface area (TPSA) is 37.4 Å². The van der Waals surface area contributed by atoms with Gasteiger partial charge in [0, 0.05) is 29.1 Å². The van der Waals surface area contributed by atoms with Gasteiger partial charge in [0.15, 0.2) is 0 Å². The lowest BCUT2D eigenvalue weighted by molar-refractivity contribution is -0.131. The molecule has 0 N–H and O–H groups in total. The van der Waals surface area contributed by atoms with Gasteiger partial charge >= 0.3 is 0 Å². The standard InChI is InChI=1S/C8H7Br2F.C8H9F.C4H4BrNO2.CCl4/c9-4-6-2-1-3-8(11)7(6)5-10;1-6-4-3-5-8(9)7(6)2;5-6-3(7)1-2-4(6)8;2-1(3,4)5/h1-3H,4-5H2;3-5H,1-2H3;1-2H2;. The normalized spacial score (nSPS) is 12.8. The molecule has 0 bridgehead atoms. The number of halogens is 9. The van der Waals surface area contributed by atoms with Crippen LogP contribution in [0.2, 0.25) is 0 Å². The van der Waals surface area contributed by atoms with E-state index in [1.165, 1.54) is 12.1 Å². The Morgan fingerprint density at radius 1 is 0.879 bits per heavy atom. The Kier molecular flexibility index (Phi) is 16.7. The Labute approximate surface area is 237 Å². The lowest BCUT2D eigenvalue weighted by Crippen LogP contribution is -2.16. The van der Waals surface area contributed by atoms with E-state index in [2.05, 4.69) is 48.0 Å². The zero-order chi connectivity index (χ0) is 25.8. The number of rotatable bonds is 2. The van der Waals surface area contributed by atoms with Gasteiger partial charge in [-0.1, -0.05) is 103 Å². The van der Waals surface area contributed by atoms with Crippen LogP contribution >= 0.6 is 94.4 Å². The SMILES string of the molecule is Cc1cccc(F)c1C.ClC(Cl)(Cl)Cl.Fc1cccc(CBr)c1CBr.O=C1CCC(=O)N1Br. The molecule has 12 heteroatoms. The molecule has 2 aromatic carbocycles. The summed E-state index contributed by atoms with van der Waals surface area (Å²) >= 11 is 28.6. The number of nitrogens with zero attached hydrogens (tertiary/aromatic N) is 1. The summed E-state index contributed by atoms with van der Waals surface area (Å²) < 4.78 is 24.9. The highest BCUT2D eigenvalue weighted by atomic mass is 79.9. The van der Waals surface area contributed by atoms with Gasteiger partial charge in [-0.25, -0.2) is 12.7 Å². The van der Waals surface area contributed by atoms with Gasteiger partial charge in [0.1, 0.15) is 11.6 Å². The molecule has 2 amide bonds. The second kappa shape index (κ2) is 16.7. The monoisotopic (exact) mass is 733 g/mol. The number of hydrogen-bond donors (Lipinski definition) is 0. The number of carbonyl (C=O) groups excluding carboxylic acids is 2. The lowest BCUT2D eigenvalue weighted by atomic mass is 10.1. The summed E-state index contributed by atoms with van der Waals surface area (Å²) in [4.78, 5) is 20.9. The Balaban J connectivity index is 0.000000428. The largest absolute Gasteiger partial charge is 0.274 e. The van der Waals surface area contributed by atoms with Gasteiger partial charge in [0.2, 0.25) is 11.8 Å². The average molecular weight is 738 g/mol. The number of benzene rings is 2. The molecule has 0 radical (unpaired) electrons. The van der Waals surface area contributed by atoms with E-state index in [-0.39, 0.29) is 23.4 Å². The van der Waals surface area contributed by atoms with E-state index in [0.29, 0.717) is 23.5 Å². The van der Waals surface area contributed by atoms with Crippen LogP contribution < -0.4 is 0 Å². The van der Waals surface area contributed by atoms with Crippen LogP contribution in [0.15, 0.2) is 36.4 Å². The van der Waals surface area contributed by atoms with Crippen molar-refractivity contribution < 1.29 is 18.4 Å². The van der Waals surface area contributed by atoms with Gasteiger partial charge in [-0.15, -0.1) is 0 Å². The average Bonchev–Trinajstić information content (AvgIpc) is 3.02. The predicted octanol–water partition coefficient (Wildman–Crippen LogP) is 9.06. The Hall–Kier alpha value is 0.0400. The first-order valence-electron chi connectivity index (χ1n) is 9.10. The minimum absolute atomic E-state index is 0.116. The zero-order valence-corrected chi connectivity index (χ0v) is 25.2. The number of hydrogen-bond acceptors (Lipinski definition) is 2. The molecule has 3 nitrogen and oxygen atoms in total. The number of aryl methyl sites for hydroxylation is 1. The van der Waals surface area contributed by atoms with Crippen molar-refractivity contribution in [3.63, 3.8) is 0 Å². The number of alkyl halides is 6. The summed E-state index contributed by atoms with van der Waals surface area (Å²) in [5.74, 6) is -0.543. The highest BCUT2D eigenvalue weighted by Gasteiger charge is 2.26. The van der Waals surface area contributed by atoms with Gasteiger partial charge in [-0.3, -0.25) is 9.59 Å². The van der Waals surface area contributed by atoms with Crippen LogP contribution in [-0.4, -0.2) is 19.0 Å². The van der Waals surface area contributed by atoms with E-state index in [1.54, 1.807) is 19.1 Å². The summed E-state index contributed by atoms with van der Waals surface area (Å²) in [6.07, 6.45) is 0.703. The molecule has 1 fully saturated rings. The summed E-state index contributed by atoms with van der Waals surface area (Å²) in [7, 11) is 0. The van der Waals surface area contributed by atoms with Crippen LogP contribution in [0.3, 0.4) is 0 Å². The molecule has 3 rings (SSSR count). The molecule has 0 aliphatic carbocycles. The van der Waals surface area contributed by atoms with Crippen molar-refractivity contribution in [3.05, 3.63) is 70.3 Å². The van der Waals surface area contributed by atoms with Crippen LogP contribution in [0.4, 0.5) is 8.78 Å². The molecule has 0 spiro atoms. The van der Waals surface area contributed by atoms with Gasteiger partial charge < -0.3 is 0 Å². The molecular formula is C21H20Br3Cl4F2NO2. The summed E-state index contributed by atoms with van der Waals surface area (Å²) in [5, 5.41) is 1.27. The molecular weight excluding hydrogens is 718 g/mol. The third kappa shape index (κ3) is 14.3. The van der Waals surface area contributed by atoms with Crippen LogP contribution in [-0.2, 0) is 20.2 Å². The maximum Gasteiger partial charge on any atom is 0.266 e. The van der Waals surface area contributed by atoms with Crippen LogP contribution in [0, 0.1) is 25.5 Å². The third-order valence-corrected chi connectivity index (χ3v) is 5.98. The lowest BCUT2D eigenvalue weighted by Gasteiger charge is -2.03. The molecule has 0 aromatic heterocycles. The van der Waals surface area contributed by atoms with E-state index in [0.717, 1.165) is 26.2 Å². The molecule has 33 heavy (non-hydrogen) atoms. The van der Waals surface area contributed by atoms with Crippen LogP contribution in [0.5, 0.6) is 0 Å². The van der Waals surface area contributed by atoms with Gasteiger partial charge in [-0.2, -0.15) is 0 Å². The van der Waals surface area contributed by atoms with Gasteiger partial charge in [0.25, 0.3) is 3.25 Å². The minimum atomic E-state index is -1.61. The molecule has 1 saturated heterocycles. The maximum atomic E-state index is 13.0. The molecule has 0 saturated carbocycles. The molecule has 1 aliphatic heterocycles. The van der Waals surface area contributed by atoms with Crippen LogP contribution in [0.1, 0.15) is 35.1 Å². The third-order valence-electron chi connectivity index (χ3n) is 4.02. The van der Waals surface area contributed by atoms with E-state index >= 15 is 0 Å². The van der Waals surface area contributed by atoms with E-state index in [9.17, 15) is 18.4 Å². The molecule has 2 aromatic rings. The van der Waals surface area contributed by atoms with E-state index < -0.39 is 3.25 Å². The minimum Gasteiger partial charge on any atom is -0.274 e. The first-order chi connectivity index (χ1) is 15.2. The molecule has 1 aliphatic rings. The fourth-order valence-electron chi connectivity index (χ4n) is 2.14. The highest BCUT2D eigenvalue weighted by molar-refractivity contribution is 9.09. The van der Waals surface area contributed by atoms with Gasteiger partial charge in [-0.05, 0) is 42.7 Å². The second-order valence-corrected chi connectivity index (χ2v) is 11.6. The van der Waals surface area contributed by atoms with Crippen molar-refractivity contribution in [2.24, 2.45) is 0 Å². The summed E-state index contributed by atoms with van der Waals surface area (Å²) in [5.41, 5.74) is 3.50. The smallest absolute Gasteiger partial charge is 0.266 e. The van der Waals surface area contributed by atoms with E-state index in [1.807, 2.05) is 19.1 Å². The van der Waals surface area contributed by atoms with Crippen molar-refractivity contribution in [2.45, 2.75) is 40.6 Å². The van der Waals surface area contributed by atoms with Crippen molar-refractivity contribution in [3.8, 4) is 0 Å². The zero-order valence-electron chi connectivity index (χ0n) is 17.5. The molecule has 1 heterocycles. The summed E-state index contributed by atoms with van der Waals surface area (Å²) in [6, 6.07) is 10.2. The van der Waals surface area contributed by atoms with Crippen molar-refractivity contribution in [2.75, 3.05) is 0 Å². The van der Waals surface area contributed by atoms with Crippen molar-refractivity contribution in [1.82, 2.24) is 3.93 Å². The van der Waals surface area contributed by atoms with Crippen molar-refractivity contribution >= 4 is 106 Å². The number of amides is 2. The fraction of sp³-hybridized carbons (Fsp3) is 0.333. The van der Waals surface area contributed by atoms with Crippen LogP contribution in [0.25, 0.3) is 0 Å². The fourth-order valence-corrected chi connectivity index (χ4v) is 3.65. The van der Waals surface area contributed by atoms with Crippen molar-refractivity contribution in [1.29, 1.82) is 0 Å². The Morgan fingerprint density at radius 2 is 1.33 bits per heavy atom. The first-order valence-corrected chi connectivity index (χ1v) is 13.6. The van der Waals surface area contributed by atoms with E-state index in [4.69, 9.17) is 46.4 Å². The molecule has 0 atom stereocenters. The second-order valence-electron chi connectivity index (χ2n) is 6.32. The molecule has 0 unspecified atom stereocenters. The quantitative estimate of drug-likeness (QED) is 0.175. The Bertz CT molecular complexity index is 889. The first kappa shape index (κ1) is 33.0. The Morgan fingerprint density at radius 3 is 1.64 bits per heavy atom. The highest BCUT2D eigenvalue weighted by Crippen LogP contribution is 2.29. The number of imide groups is 1. The summed E-state index contributed by atoms with van der Waals surface area (Å²) in [6.45, 7) is 3.68.